The maximum Gasteiger partial charge on any atom is 0.326 e. The lowest BCUT2D eigenvalue weighted by Gasteiger charge is -2.29. The number of amides is 11. The van der Waals surface area contributed by atoms with Gasteiger partial charge in [0.2, 0.25) is 65.0 Å². The third-order valence-corrected chi connectivity index (χ3v) is 15.1. The van der Waals surface area contributed by atoms with Crippen molar-refractivity contribution >= 4 is 88.9 Å². The monoisotopic (exact) mass is 1400 g/mol. The summed E-state index contributed by atoms with van der Waals surface area (Å²) in [6.45, 7) is 4.84. The van der Waals surface area contributed by atoms with E-state index in [0.717, 1.165) is 6.92 Å². The number of benzene rings is 2. The lowest BCUT2D eigenvalue weighted by molar-refractivity contribution is -0.142. The second kappa shape index (κ2) is 44.8. The van der Waals surface area contributed by atoms with Gasteiger partial charge in [0.15, 0.2) is 0 Å². The van der Waals surface area contributed by atoms with Gasteiger partial charge in [-0.25, -0.2) is 4.79 Å². The summed E-state index contributed by atoms with van der Waals surface area (Å²) in [4.78, 5) is 200. The molecule has 26 N–H and O–H groups in total. The zero-order chi connectivity index (χ0) is 74.5. The first-order valence-corrected chi connectivity index (χ1v) is 32.3. The van der Waals surface area contributed by atoms with Gasteiger partial charge in [-0.1, -0.05) is 56.3 Å². The Bertz CT molecular complexity index is 3050. The molecule has 0 bridgehead atoms. The molecular formula is C63H97N15O21. The number of carboxylic acid groups (broad SMARTS) is 4. The van der Waals surface area contributed by atoms with E-state index in [1.807, 2.05) is 0 Å². The van der Waals surface area contributed by atoms with Gasteiger partial charge in [0.1, 0.15) is 66.2 Å². The van der Waals surface area contributed by atoms with Crippen molar-refractivity contribution in [1.82, 2.24) is 53.2 Å². The number of nitrogens with two attached hydrogens (primary N) is 5. The lowest BCUT2D eigenvalue weighted by Crippen LogP contribution is -2.62. The first-order chi connectivity index (χ1) is 46.7. The van der Waals surface area contributed by atoms with Gasteiger partial charge in [-0.15, -0.1) is 0 Å². The van der Waals surface area contributed by atoms with Crippen molar-refractivity contribution in [2.24, 2.45) is 34.6 Å². The Morgan fingerprint density at radius 3 is 1.16 bits per heavy atom. The van der Waals surface area contributed by atoms with Gasteiger partial charge in [0.05, 0.1) is 31.4 Å². The highest BCUT2D eigenvalue weighted by Crippen LogP contribution is 2.15. The third kappa shape index (κ3) is 33.3. The zero-order valence-corrected chi connectivity index (χ0v) is 55.5. The Kier molecular flexibility index (Phi) is 38.6. The molecule has 12 atom stereocenters. The largest absolute Gasteiger partial charge is 0.508 e. The third-order valence-electron chi connectivity index (χ3n) is 15.1. The van der Waals surface area contributed by atoms with Crippen LogP contribution in [0, 0.1) is 5.92 Å². The van der Waals surface area contributed by atoms with Crippen LogP contribution >= 0.6 is 0 Å². The number of unbranched alkanes of at least 4 members (excludes halogenated alkanes) is 3. The van der Waals surface area contributed by atoms with E-state index in [9.17, 15) is 97.5 Å². The number of carbonyl (C=O) groups excluding carboxylic acids is 11. The average Bonchev–Trinajstić information content (AvgIpc) is 0.855. The standard InChI is InChI=1S/C63H97N15O21/c1-33(2)27-42(56(91)75-47(32-51(86)87)61(96)74-43(28-35-13-5-4-6-14-35)57(92)69-39(15-7-10-24-64)54(89)71-41(63(98)99)17-9-12-26-66)73-60(95)46(31-50(84)85)76-58(93)44(29-36-18-20-37(80)21-19-36)77-62(97)52(34(3)79)78-55(90)40(16-8-11-25-65)70-59(94)45(30-48(68)81)72-53(88)38(67)22-23-49(82)83/h4-6,13-14,18-21,33-34,38-47,52,79-80H,7-12,15-17,22-32,64-67H2,1-3H3,(H2,68,81)(H,69,92)(H,70,94)(H,71,89)(H,72,88)(H,73,95)(H,74,96)(H,75,91)(H,76,93)(H,77,97)(H,78,90)(H,82,83)(H,84,85)(H,86,87)(H,98,99)/t34-,38+,39+,40+,41+,42+,43+,44+,45+,46+,47+,52+/m1/s1. The maximum absolute atomic E-state index is 14.5. The summed E-state index contributed by atoms with van der Waals surface area (Å²) in [5, 5.41) is 83.6. The molecule has 11 amide bonds. The zero-order valence-electron chi connectivity index (χ0n) is 55.5. The van der Waals surface area contributed by atoms with Gasteiger partial charge < -0.3 is 112 Å². The minimum absolute atomic E-state index is 0.0137. The normalized spacial score (nSPS) is 14.7. The fourth-order valence-electron chi connectivity index (χ4n) is 9.81. The predicted molar refractivity (Wildman–Crippen MR) is 352 cm³/mol. The van der Waals surface area contributed by atoms with Crippen molar-refractivity contribution in [2.75, 3.05) is 19.6 Å². The van der Waals surface area contributed by atoms with E-state index in [0.29, 0.717) is 24.8 Å². The molecule has 0 heterocycles. The molecule has 0 spiro atoms. The molecule has 0 saturated carbocycles. The summed E-state index contributed by atoms with van der Waals surface area (Å²) in [7, 11) is 0. The maximum atomic E-state index is 14.5. The molecule has 0 fully saturated rings. The second-order valence-corrected chi connectivity index (χ2v) is 24.1. The van der Waals surface area contributed by atoms with E-state index in [1.54, 1.807) is 44.2 Å². The van der Waals surface area contributed by atoms with Gasteiger partial charge in [0.25, 0.3) is 0 Å². The van der Waals surface area contributed by atoms with Crippen LogP contribution in [0.1, 0.15) is 128 Å². The highest BCUT2D eigenvalue weighted by atomic mass is 16.4. The van der Waals surface area contributed by atoms with E-state index in [1.165, 1.54) is 24.3 Å². The number of carbonyl (C=O) groups is 15. The highest BCUT2D eigenvalue weighted by molar-refractivity contribution is 6.01. The Morgan fingerprint density at radius 2 is 0.747 bits per heavy atom. The Hall–Kier alpha value is -9.91. The van der Waals surface area contributed by atoms with Crippen LogP contribution in [-0.2, 0) is 84.8 Å². The number of hydrogen-bond donors (Lipinski definition) is 21. The van der Waals surface area contributed by atoms with E-state index in [2.05, 4.69) is 53.2 Å². The van der Waals surface area contributed by atoms with Gasteiger partial charge in [0, 0.05) is 19.3 Å². The SMILES string of the molecule is CC(C)C[C@H](NC(=O)[C@H](CC(=O)O)NC(=O)[C@H](Cc1ccc(O)cc1)NC(=O)[C@@H](NC(=O)[C@H](CCCCN)NC(=O)[C@H](CC(N)=O)NC(=O)[C@@H](N)CCC(=O)O)[C@@H](C)O)C(=O)N[C@@H](CC(=O)O)C(=O)N[C@@H](Cc1ccccc1)C(=O)N[C@@H](CCCCN)C(=O)N[C@@H](CCCCN)C(=O)O. The quantitative estimate of drug-likeness (QED) is 0.0276. The smallest absolute Gasteiger partial charge is 0.326 e. The van der Waals surface area contributed by atoms with Crippen molar-refractivity contribution in [3.63, 3.8) is 0 Å². The molecule has 36 nitrogen and oxygen atoms in total. The van der Waals surface area contributed by atoms with E-state index in [-0.39, 0.29) is 88.7 Å². The fraction of sp³-hybridized carbons (Fsp3) is 0.571. The molecule has 2 aromatic carbocycles. The molecule has 36 heteroatoms. The van der Waals surface area contributed by atoms with Gasteiger partial charge in [-0.3, -0.25) is 67.1 Å². The predicted octanol–water partition coefficient (Wildman–Crippen LogP) is -5.06. The number of aliphatic hydroxyl groups is 1. The van der Waals surface area contributed by atoms with Crippen LogP contribution in [0.15, 0.2) is 54.6 Å². The van der Waals surface area contributed by atoms with Crippen molar-refractivity contribution in [2.45, 2.75) is 202 Å². The number of phenols is 1. The number of carboxylic acids is 4. The summed E-state index contributed by atoms with van der Waals surface area (Å²) in [5.41, 5.74) is 28.7. The number of nitrogens with one attached hydrogen (secondary N) is 10. The topological polar surface area (TPSA) is 628 Å². The molecule has 0 aliphatic carbocycles. The van der Waals surface area contributed by atoms with Crippen LogP contribution in [-0.4, -0.2) is 212 Å². The van der Waals surface area contributed by atoms with Crippen LogP contribution in [0.5, 0.6) is 5.75 Å². The number of phenolic OH excluding ortho intramolecular Hbond substituents is 1. The summed E-state index contributed by atoms with van der Waals surface area (Å²) >= 11 is 0. The fourth-order valence-corrected chi connectivity index (χ4v) is 9.81. The molecule has 0 aliphatic rings. The summed E-state index contributed by atoms with van der Waals surface area (Å²) in [6, 6.07) is -5.68. The molecule has 0 aliphatic heterocycles. The molecule has 0 radical (unpaired) electrons. The van der Waals surface area contributed by atoms with Gasteiger partial charge in [-0.05, 0) is 126 Å². The van der Waals surface area contributed by atoms with Crippen LogP contribution < -0.4 is 81.8 Å². The molecule has 550 valence electrons. The average molecular weight is 1400 g/mol. The number of primary amides is 1. The minimum Gasteiger partial charge on any atom is -0.508 e. The molecule has 99 heavy (non-hydrogen) atoms. The number of aliphatic hydroxyl groups excluding tert-OH is 1. The van der Waals surface area contributed by atoms with Crippen molar-refractivity contribution in [3.05, 3.63) is 65.7 Å². The number of aliphatic carboxylic acids is 4. The van der Waals surface area contributed by atoms with Crippen LogP contribution in [0.4, 0.5) is 0 Å². The van der Waals surface area contributed by atoms with Gasteiger partial charge >= 0.3 is 23.9 Å². The van der Waals surface area contributed by atoms with E-state index in [4.69, 9.17) is 33.8 Å². The number of hydrogen-bond acceptors (Lipinski definition) is 21. The Balaban J connectivity index is 2.57. The first-order valence-electron chi connectivity index (χ1n) is 32.3. The van der Waals surface area contributed by atoms with Crippen molar-refractivity contribution in [3.8, 4) is 5.75 Å². The highest BCUT2D eigenvalue weighted by Gasteiger charge is 2.38. The number of rotatable bonds is 49. The molecule has 0 aromatic heterocycles. The van der Waals surface area contributed by atoms with E-state index < -0.39 is 199 Å². The summed E-state index contributed by atoms with van der Waals surface area (Å²) < 4.78 is 0. The summed E-state index contributed by atoms with van der Waals surface area (Å²) in [6.07, 6.45) is -5.21. The molecule has 2 aromatic rings. The molecule has 2 rings (SSSR count). The van der Waals surface area contributed by atoms with Gasteiger partial charge in [-0.2, -0.15) is 0 Å². The summed E-state index contributed by atoms with van der Waals surface area (Å²) in [5.74, 6) is -19.3. The van der Waals surface area contributed by atoms with Crippen LogP contribution in [0.25, 0.3) is 0 Å². The van der Waals surface area contributed by atoms with Crippen LogP contribution in [0.2, 0.25) is 0 Å². The first kappa shape index (κ1) is 85.2. The Morgan fingerprint density at radius 1 is 0.394 bits per heavy atom. The van der Waals surface area contributed by atoms with Crippen molar-refractivity contribution in [1.29, 1.82) is 0 Å². The molecular weight excluding hydrogens is 1300 g/mol. The van der Waals surface area contributed by atoms with E-state index >= 15 is 0 Å². The number of aromatic hydroxyl groups is 1. The van der Waals surface area contributed by atoms with Crippen LogP contribution in [0.3, 0.4) is 0 Å². The second-order valence-electron chi connectivity index (χ2n) is 24.1. The molecule has 0 unspecified atom stereocenters. The molecule has 0 saturated heterocycles. The van der Waals surface area contributed by atoms with Crippen molar-refractivity contribution < 1.29 is 103 Å². The Labute approximate surface area is 570 Å². The lowest BCUT2D eigenvalue weighted by atomic mass is 10.0. The minimum atomic E-state index is -2.10.